The van der Waals surface area contributed by atoms with Gasteiger partial charge in [-0.2, -0.15) is 0 Å². The number of hydrogen-bond acceptors (Lipinski definition) is 4. The molecule has 126 valence electrons. The van der Waals surface area contributed by atoms with E-state index in [0.717, 1.165) is 12.8 Å². The number of carbonyl (C=O) groups is 3. The van der Waals surface area contributed by atoms with Crippen LogP contribution in [0, 0.1) is 0 Å². The van der Waals surface area contributed by atoms with E-state index in [0.29, 0.717) is 28.1 Å². The molecule has 0 unspecified atom stereocenters. The van der Waals surface area contributed by atoms with Gasteiger partial charge in [-0.15, -0.1) is 0 Å². The maximum absolute atomic E-state index is 12.5. The molecule has 0 radical (unpaired) electrons. The molecule has 3 amide bonds. The number of benzene rings is 2. The minimum atomic E-state index is -0.335. The number of amides is 3. The van der Waals surface area contributed by atoms with Crippen LogP contribution in [0.1, 0.15) is 43.9 Å². The Balaban J connectivity index is 1.56. The topological polar surface area (TPSA) is 75.7 Å². The molecule has 25 heavy (non-hydrogen) atoms. The number of nitrogens with one attached hydrogen (secondary N) is 1. The second kappa shape index (κ2) is 5.73. The summed E-state index contributed by atoms with van der Waals surface area (Å²) in [5.41, 5.74) is 1.64. The lowest BCUT2D eigenvalue weighted by Crippen LogP contribution is -2.31. The first-order valence-corrected chi connectivity index (χ1v) is 8.06. The van der Waals surface area contributed by atoms with Crippen LogP contribution in [0.5, 0.6) is 5.75 Å². The Bertz CT molecular complexity index is 885. The van der Waals surface area contributed by atoms with Crippen molar-refractivity contribution in [2.24, 2.45) is 0 Å². The van der Waals surface area contributed by atoms with Gasteiger partial charge in [-0.05, 0) is 55.3 Å². The quantitative estimate of drug-likeness (QED) is 0.871. The lowest BCUT2D eigenvalue weighted by atomic mass is 10.1. The number of anilines is 1. The van der Waals surface area contributed by atoms with Gasteiger partial charge in [0.05, 0.1) is 18.2 Å². The molecular formula is C19H16N2O4. The van der Waals surface area contributed by atoms with Gasteiger partial charge in [-0.1, -0.05) is 0 Å². The number of carbonyl (C=O) groups excluding carboxylic acids is 3. The molecule has 1 aliphatic heterocycles. The first kappa shape index (κ1) is 15.4. The third-order valence-corrected chi connectivity index (χ3v) is 4.44. The monoisotopic (exact) mass is 336 g/mol. The summed E-state index contributed by atoms with van der Waals surface area (Å²) in [5.74, 6) is -0.205. The van der Waals surface area contributed by atoms with Crippen LogP contribution in [0.3, 0.4) is 0 Å². The zero-order chi connectivity index (χ0) is 17.6. The van der Waals surface area contributed by atoms with Crippen LogP contribution in [0.15, 0.2) is 42.5 Å². The summed E-state index contributed by atoms with van der Waals surface area (Å²) in [5, 5.41) is 2.77. The number of imide groups is 1. The van der Waals surface area contributed by atoms with Crippen molar-refractivity contribution >= 4 is 23.4 Å². The van der Waals surface area contributed by atoms with Crippen LogP contribution in [0.25, 0.3) is 0 Å². The van der Waals surface area contributed by atoms with Crippen molar-refractivity contribution in [1.82, 2.24) is 4.90 Å². The first-order chi connectivity index (χ1) is 12.1. The lowest BCUT2D eigenvalue weighted by molar-refractivity contribution is 0.0642. The predicted octanol–water partition coefficient (Wildman–Crippen LogP) is 2.71. The summed E-state index contributed by atoms with van der Waals surface area (Å²) in [6.07, 6.45) is 1.71. The van der Waals surface area contributed by atoms with Crippen molar-refractivity contribution in [1.29, 1.82) is 0 Å². The molecule has 4 rings (SSSR count). The van der Waals surface area contributed by atoms with E-state index in [9.17, 15) is 14.4 Å². The van der Waals surface area contributed by atoms with Crippen LogP contribution in [0.2, 0.25) is 0 Å². The van der Waals surface area contributed by atoms with Crippen molar-refractivity contribution in [3.8, 4) is 5.75 Å². The third-order valence-electron chi connectivity index (χ3n) is 4.44. The molecule has 0 saturated heterocycles. The van der Waals surface area contributed by atoms with Crippen molar-refractivity contribution < 1.29 is 19.1 Å². The Morgan fingerprint density at radius 3 is 2.36 bits per heavy atom. The summed E-state index contributed by atoms with van der Waals surface area (Å²) < 4.78 is 5.08. The highest BCUT2D eigenvalue weighted by Gasteiger charge is 2.44. The Kier molecular flexibility index (Phi) is 3.53. The largest absolute Gasteiger partial charge is 0.497 e. The number of hydrogen-bond donors (Lipinski definition) is 1. The lowest BCUT2D eigenvalue weighted by Gasteiger charge is -2.11. The van der Waals surface area contributed by atoms with Gasteiger partial charge in [0, 0.05) is 17.3 Å². The Labute approximate surface area is 144 Å². The van der Waals surface area contributed by atoms with Gasteiger partial charge in [0.25, 0.3) is 17.7 Å². The van der Waals surface area contributed by atoms with E-state index in [2.05, 4.69) is 5.32 Å². The summed E-state index contributed by atoms with van der Waals surface area (Å²) >= 11 is 0. The Morgan fingerprint density at radius 2 is 1.72 bits per heavy atom. The maximum Gasteiger partial charge on any atom is 0.261 e. The Morgan fingerprint density at radius 1 is 1.04 bits per heavy atom. The first-order valence-electron chi connectivity index (χ1n) is 8.06. The SMILES string of the molecule is COc1ccc(NC(=O)c2ccc3c(c2)C(=O)N(C2CC2)C3=O)cc1. The van der Waals surface area contributed by atoms with E-state index in [4.69, 9.17) is 4.74 Å². The fraction of sp³-hybridized carbons (Fsp3) is 0.211. The molecule has 1 N–H and O–H groups in total. The summed E-state index contributed by atoms with van der Waals surface area (Å²) in [6, 6.07) is 11.6. The highest BCUT2D eigenvalue weighted by atomic mass is 16.5. The van der Waals surface area contributed by atoms with Gasteiger partial charge < -0.3 is 10.1 Å². The van der Waals surface area contributed by atoms with Crippen LogP contribution in [-0.4, -0.2) is 35.8 Å². The zero-order valence-electron chi connectivity index (χ0n) is 13.6. The molecule has 1 fully saturated rings. The molecule has 2 aromatic carbocycles. The van der Waals surface area contributed by atoms with Gasteiger partial charge in [-0.3, -0.25) is 19.3 Å². The number of methoxy groups -OCH3 is 1. The highest BCUT2D eigenvalue weighted by Crippen LogP contribution is 2.35. The predicted molar refractivity (Wildman–Crippen MR) is 90.9 cm³/mol. The number of fused-ring (bicyclic) bond motifs is 1. The van der Waals surface area contributed by atoms with Crippen LogP contribution in [-0.2, 0) is 0 Å². The molecule has 1 aliphatic carbocycles. The molecule has 0 bridgehead atoms. The fourth-order valence-electron chi connectivity index (χ4n) is 2.94. The van der Waals surface area contributed by atoms with Crippen molar-refractivity contribution in [2.75, 3.05) is 12.4 Å². The average molecular weight is 336 g/mol. The van der Waals surface area contributed by atoms with Gasteiger partial charge in [0.2, 0.25) is 0 Å². The van der Waals surface area contributed by atoms with Crippen molar-refractivity contribution in [2.45, 2.75) is 18.9 Å². The summed E-state index contributed by atoms with van der Waals surface area (Å²) in [6.45, 7) is 0. The standard InChI is InChI=1S/C19H16N2O4/c1-25-14-7-3-12(4-8-14)20-17(22)11-2-9-15-16(10-11)19(24)21(18(15)23)13-5-6-13/h2-4,7-10,13H,5-6H2,1H3,(H,20,22). The molecule has 2 aliphatic rings. The number of nitrogens with zero attached hydrogens (tertiary/aromatic N) is 1. The second-order valence-electron chi connectivity index (χ2n) is 6.15. The zero-order valence-corrected chi connectivity index (χ0v) is 13.6. The molecule has 1 heterocycles. The van der Waals surface area contributed by atoms with Gasteiger partial charge in [0.1, 0.15) is 5.75 Å². The van der Waals surface area contributed by atoms with Gasteiger partial charge in [0.15, 0.2) is 0 Å². The average Bonchev–Trinajstić information content (AvgIpc) is 3.43. The van der Waals surface area contributed by atoms with E-state index in [-0.39, 0.29) is 23.8 Å². The van der Waals surface area contributed by atoms with Crippen LogP contribution < -0.4 is 10.1 Å². The highest BCUT2D eigenvalue weighted by molar-refractivity contribution is 6.22. The van der Waals surface area contributed by atoms with Crippen LogP contribution in [0.4, 0.5) is 5.69 Å². The smallest absolute Gasteiger partial charge is 0.261 e. The second-order valence-corrected chi connectivity index (χ2v) is 6.15. The third kappa shape index (κ3) is 2.65. The molecule has 0 spiro atoms. The minimum Gasteiger partial charge on any atom is -0.497 e. The number of ether oxygens (including phenoxy) is 1. The maximum atomic E-state index is 12.5. The van der Waals surface area contributed by atoms with E-state index < -0.39 is 0 Å². The molecule has 0 aromatic heterocycles. The number of rotatable bonds is 4. The molecule has 6 heteroatoms. The van der Waals surface area contributed by atoms with Crippen molar-refractivity contribution in [3.05, 3.63) is 59.2 Å². The summed E-state index contributed by atoms with van der Waals surface area (Å²) in [4.78, 5) is 38.5. The Hall–Kier alpha value is -3.15. The van der Waals surface area contributed by atoms with Crippen LogP contribution >= 0.6 is 0 Å². The molecule has 1 saturated carbocycles. The molecule has 6 nitrogen and oxygen atoms in total. The molecular weight excluding hydrogens is 320 g/mol. The molecule has 2 aromatic rings. The summed E-state index contributed by atoms with van der Waals surface area (Å²) in [7, 11) is 1.57. The van der Waals surface area contributed by atoms with E-state index in [1.54, 1.807) is 43.5 Å². The normalized spacial score (nSPS) is 16.0. The van der Waals surface area contributed by atoms with E-state index in [1.165, 1.54) is 11.0 Å². The minimum absolute atomic E-state index is 0.0176. The fourth-order valence-corrected chi connectivity index (χ4v) is 2.94. The van der Waals surface area contributed by atoms with Gasteiger partial charge >= 0.3 is 0 Å². The van der Waals surface area contributed by atoms with Gasteiger partial charge in [-0.25, -0.2) is 0 Å². The van der Waals surface area contributed by atoms with E-state index >= 15 is 0 Å². The van der Waals surface area contributed by atoms with E-state index in [1.807, 2.05) is 0 Å². The van der Waals surface area contributed by atoms with Crippen molar-refractivity contribution in [3.63, 3.8) is 0 Å². The molecule has 0 atom stereocenters.